The van der Waals surface area contributed by atoms with Gasteiger partial charge in [-0.15, -0.1) is 11.3 Å². The van der Waals surface area contributed by atoms with E-state index in [1.54, 1.807) is 11.3 Å². The number of nitrogens with zero attached hydrogens (tertiary/aromatic N) is 2. The molecule has 0 spiro atoms. The number of thiophene rings is 1. The fourth-order valence-corrected chi connectivity index (χ4v) is 3.81. The lowest BCUT2D eigenvalue weighted by Gasteiger charge is -2.30. The highest BCUT2D eigenvalue weighted by Crippen LogP contribution is 2.34. The van der Waals surface area contributed by atoms with E-state index in [-0.39, 0.29) is 5.91 Å². The number of amides is 1. The summed E-state index contributed by atoms with van der Waals surface area (Å²) >= 11 is 1.65. The van der Waals surface area contributed by atoms with E-state index in [9.17, 15) is 4.79 Å². The molecular weight excluding hydrogens is 352 g/mol. The molecule has 2 aliphatic heterocycles. The van der Waals surface area contributed by atoms with Gasteiger partial charge in [-0.25, -0.2) is 0 Å². The van der Waals surface area contributed by atoms with E-state index in [0.29, 0.717) is 45.3 Å². The van der Waals surface area contributed by atoms with E-state index in [4.69, 9.17) is 14.2 Å². The molecule has 2 aromatic rings. The van der Waals surface area contributed by atoms with Crippen molar-refractivity contribution in [3.8, 4) is 11.5 Å². The summed E-state index contributed by atoms with van der Waals surface area (Å²) in [7, 11) is 0. The molecule has 1 fully saturated rings. The maximum atomic E-state index is 13.1. The minimum Gasteiger partial charge on any atom is -0.486 e. The van der Waals surface area contributed by atoms with Gasteiger partial charge in [-0.3, -0.25) is 9.69 Å². The van der Waals surface area contributed by atoms with Crippen molar-refractivity contribution in [3.63, 3.8) is 0 Å². The van der Waals surface area contributed by atoms with Crippen LogP contribution >= 0.6 is 11.3 Å². The van der Waals surface area contributed by atoms with E-state index < -0.39 is 0 Å². The predicted octanol–water partition coefficient (Wildman–Crippen LogP) is 2.38. The first-order valence-corrected chi connectivity index (χ1v) is 9.70. The van der Waals surface area contributed by atoms with E-state index in [0.717, 1.165) is 29.4 Å². The molecule has 6 nitrogen and oxygen atoms in total. The van der Waals surface area contributed by atoms with Crippen molar-refractivity contribution in [1.82, 2.24) is 4.90 Å². The van der Waals surface area contributed by atoms with Crippen LogP contribution in [0.2, 0.25) is 0 Å². The largest absolute Gasteiger partial charge is 0.486 e. The van der Waals surface area contributed by atoms with Crippen LogP contribution in [-0.2, 0) is 16.1 Å². The number of hydrogen-bond donors (Lipinski definition) is 0. The molecule has 0 N–H and O–H groups in total. The second-order valence-electron chi connectivity index (χ2n) is 6.28. The van der Waals surface area contributed by atoms with Crippen LogP contribution in [-0.4, -0.2) is 56.9 Å². The minimum absolute atomic E-state index is 0.0805. The standard InChI is InChI=1S/C19H22N2O4S/c22-19(14-20-5-7-23-8-6-20)21(13-16-2-1-11-26-16)15-3-4-17-18(12-15)25-10-9-24-17/h1-4,11-12H,5-10,13-14H2. The monoisotopic (exact) mass is 374 g/mol. The minimum atomic E-state index is 0.0805. The summed E-state index contributed by atoms with van der Waals surface area (Å²) < 4.78 is 16.7. The summed E-state index contributed by atoms with van der Waals surface area (Å²) in [5, 5.41) is 2.03. The van der Waals surface area contributed by atoms with Crippen molar-refractivity contribution in [3.05, 3.63) is 40.6 Å². The second kappa shape index (κ2) is 8.07. The lowest BCUT2D eigenvalue weighted by atomic mass is 10.2. The molecule has 4 rings (SSSR count). The molecule has 0 saturated carbocycles. The zero-order valence-electron chi connectivity index (χ0n) is 14.6. The SMILES string of the molecule is O=C(CN1CCOCC1)N(Cc1cccs1)c1ccc2c(c1)OCCO2. The third-order valence-corrected chi connectivity index (χ3v) is 5.36. The highest BCUT2D eigenvalue weighted by Gasteiger charge is 2.23. The zero-order chi connectivity index (χ0) is 17.8. The van der Waals surface area contributed by atoms with Crippen LogP contribution in [0, 0.1) is 0 Å². The summed E-state index contributed by atoms with van der Waals surface area (Å²) in [6, 6.07) is 9.77. The molecule has 0 bridgehead atoms. The normalized spacial score (nSPS) is 17.1. The van der Waals surface area contributed by atoms with Crippen LogP contribution < -0.4 is 14.4 Å². The molecule has 0 aliphatic carbocycles. The molecule has 0 radical (unpaired) electrons. The molecule has 2 aliphatic rings. The van der Waals surface area contributed by atoms with Crippen molar-refractivity contribution in [2.45, 2.75) is 6.54 Å². The number of ether oxygens (including phenoxy) is 3. The highest BCUT2D eigenvalue weighted by atomic mass is 32.1. The van der Waals surface area contributed by atoms with Crippen LogP contribution in [0.4, 0.5) is 5.69 Å². The fourth-order valence-electron chi connectivity index (χ4n) is 3.12. The Kier molecular flexibility index (Phi) is 5.38. The third-order valence-electron chi connectivity index (χ3n) is 4.50. The van der Waals surface area contributed by atoms with Gasteiger partial charge in [0, 0.05) is 29.7 Å². The summed E-state index contributed by atoms with van der Waals surface area (Å²) in [6.45, 7) is 4.98. The summed E-state index contributed by atoms with van der Waals surface area (Å²) in [5.74, 6) is 1.51. The van der Waals surface area contributed by atoms with Crippen LogP contribution in [0.3, 0.4) is 0 Å². The van der Waals surface area contributed by atoms with E-state index in [2.05, 4.69) is 11.0 Å². The van der Waals surface area contributed by atoms with Crippen molar-refractivity contribution < 1.29 is 19.0 Å². The highest BCUT2D eigenvalue weighted by molar-refractivity contribution is 7.09. The number of benzene rings is 1. The van der Waals surface area contributed by atoms with E-state index in [1.165, 1.54) is 0 Å². The van der Waals surface area contributed by atoms with Crippen molar-refractivity contribution in [2.24, 2.45) is 0 Å². The fraction of sp³-hybridized carbons (Fsp3) is 0.421. The Balaban J connectivity index is 1.56. The van der Waals surface area contributed by atoms with Gasteiger partial charge >= 0.3 is 0 Å². The first kappa shape index (κ1) is 17.3. The van der Waals surface area contributed by atoms with Gasteiger partial charge in [-0.05, 0) is 23.6 Å². The molecule has 1 saturated heterocycles. The molecular formula is C19H22N2O4S. The van der Waals surface area contributed by atoms with Crippen molar-refractivity contribution in [2.75, 3.05) is 51.0 Å². The van der Waals surface area contributed by atoms with Crippen LogP contribution in [0.15, 0.2) is 35.7 Å². The van der Waals surface area contributed by atoms with E-state index in [1.807, 2.05) is 34.5 Å². The Morgan fingerprint density at radius 1 is 1.08 bits per heavy atom. The van der Waals surface area contributed by atoms with Crippen molar-refractivity contribution in [1.29, 1.82) is 0 Å². The second-order valence-corrected chi connectivity index (χ2v) is 7.31. The lowest BCUT2D eigenvalue weighted by molar-refractivity contribution is -0.120. The zero-order valence-corrected chi connectivity index (χ0v) is 15.4. The van der Waals surface area contributed by atoms with Crippen LogP contribution in [0.5, 0.6) is 11.5 Å². The van der Waals surface area contributed by atoms with Crippen molar-refractivity contribution >= 4 is 22.9 Å². The summed E-state index contributed by atoms with van der Waals surface area (Å²) in [6.07, 6.45) is 0. The van der Waals surface area contributed by atoms with E-state index >= 15 is 0 Å². The Labute approximate surface area is 156 Å². The number of carbonyl (C=O) groups is 1. The number of fused-ring (bicyclic) bond motifs is 1. The average Bonchev–Trinajstić information content (AvgIpc) is 3.20. The van der Waals surface area contributed by atoms with Gasteiger partial charge in [0.05, 0.1) is 26.3 Å². The van der Waals surface area contributed by atoms with Gasteiger partial charge in [0.2, 0.25) is 5.91 Å². The Hall–Kier alpha value is -2.09. The number of carbonyl (C=O) groups excluding carboxylic acids is 1. The molecule has 0 unspecified atom stereocenters. The van der Waals surface area contributed by atoms with Gasteiger partial charge in [0.25, 0.3) is 0 Å². The van der Waals surface area contributed by atoms with Crippen LogP contribution in [0.1, 0.15) is 4.88 Å². The van der Waals surface area contributed by atoms with Gasteiger partial charge in [0.15, 0.2) is 11.5 Å². The predicted molar refractivity (Wildman–Crippen MR) is 100 cm³/mol. The van der Waals surface area contributed by atoms with Gasteiger partial charge in [-0.2, -0.15) is 0 Å². The Morgan fingerprint density at radius 3 is 2.65 bits per heavy atom. The van der Waals surface area contributed by atoms with Gasteiger partial charge in [0.1, 0.15) is 13.2 Å². The smallest absolute Gasteiger partial charge is 0.241 e. The molecule has 138 valence electrons. The number of morpholine rings is 1. The molecule has 3 heterocycles. The quantitative estimate of drug-likeness (QED) is 0.804. The Morgan fingerprint density at radius 2 is 1.88 bits per heavy atom. The molecule has 1 aromatic heterocycles. The first-order chi connectivity index (χ1) is 12.8. The lowest BCUT2D eigenvalue weighted by Crippen LogP contribution is -2.44. The molecule has 26 heavy (non-hydrogen) atoms. The summed E-state index contributed by atoms with van der Waals surface area (Å²) in [5.41, 5.74) is 0.834. The molecule has 7 heteroatoms. The number of hydrogen-bond acceptors (Lipinski definition) is 6. The third kappa shape index (κ3) is 4.00. The molecule has 0 atom stereocenters. The topological polar surface area (TPSA) is 51.2 Å². The molecule has 1 aromatic carbocycles. The molecule has 1 amide bonds. The van der Waals surface area contributed by atoms with Gasteiger partial charge in [-0.1, -0.05) is 6.07 Å². The average molecular weight is 374 g/mol. The van der Waals surface area contributed by atoms with Gasteiger partial charge < -0.3 is 19.1 Å². The maximum absolute atomic E-state index is 13.1. The number of anilines is 1. The Bertz CT molecular complexity index is 744. The first-order valence-electron chi connectivity index (χ1n) is 8.82. The summed E-state index contributed by atoms with van der Waals surface area (Å²) in [4.78, 5) is 18.2. The van der Waals surface area contributed by atoms with Crippen LogP contribution in [0.25, 0.3) is 0 Å². The number of rotatable bonds is 5. The maximum Gasteiger partial charge on any atom is 0.241 e.